The first-order valence-corrected chi connectivity index (χ1v) is 4.84. The van der Waals surface area contributed by atoms with Crippen molar-refractivity contribution in [2.75, 3.05) is 0 Å². The van der Waals surface area contributed by atoms with Crippen molar-refractivity contribution in [2.45, 2.75) is 11.4 Å². The van der Waals surface area contributed by atoms with Crippen LogP contribution in [0.5, 0.6) is 0 Å². The molecule has 3 nitrogen and oxygen atoms in total. The van der Waals surface area contributed by atoms with Gasteiger partial charge < -0.3 is 4.55 Å². The largest absolute Gasteiger partial charge is 0.747 e. The third-order valence-electron chi connectivity index (χ3n) is 1.68. The van der Waals surface area contributed by atoms with Crippen LogP contribution >= 0.6 is 0 Å². The van der Waals surface area contributed by atoms with Gasteiger partial charge in [-0.05, 0) is 0 Å². The molecule has 1 aliphatic carbocycles. The Morgan fingerprint density at radius 1 is 1.00 bits per heavy atom. The molecule has 0 aliphatic heterocycles. The Morgan fingerprint density at radius 3 is 1.80 bits per heavy atom. The zero-order chi connectivity index (χ0) is 12.0. The second-order valence-corrected chi connectivity index (χ2v) is 4.13. The number of hydrogen-bond acceptors (Lipinski definition) is 3. The second-order valence-electron chi connectivity index (χ2n) is 2.64. The maximum atomic E-state index is 12.7. The number of hydrogen-bond donors (Lipinski definition) is 0. The zero-order valence-corrected chi connectivity index (χ0v) is 7.49. The van der Waals surface area contributed by atoms with Crippen molar-refractivity contribution in [1.82, 2.24) is 0 Å². The van der Waals surface area contributed by atoms with E-state index < -0.39 is 44.8 Å². The predicted molar refractivity (Wildman–Crippen MR) is 36.9 cm³/mol. The molecule has 0 aromatic carbocycles. The first-order valence-electron chi connectivity index (χ1n) is 3.37. The lowest BCUT2D eigenvalue weighted by Crippen LogP contribution is -2.35. The molecule has 1 rings (SSSR count). The summed E-state index contributed by atoms with van der Waals surface area (Å²) < 4.78 is 93.4. The summed E-state index contributed by atoms with van der Waals surface area (Å²) in [5, 5.41) is -3.21. The highest BCUT2D eigenvalue weighted by molar-refractivity contribution is 7.86. The van der Waals surface area contributed by atoms with Gasteiger partial charge in [-0.1, -0.05) is 0 Å². The molecular formula is C6H2F5O3S-. The van der Waals surface area contributed by atoms with Crippen molar-refractivity contribution in [2.24, 2.45) is 0 Å². The number of rotatable bonds is 1. The van der Waals surface area contributed by atoms with Gasteiger partial charge in [-0.25, -0.2) is 30.4 Å². The van der Waals surface area contributed by atoms with E-state index in [1.807, 2.05) is 0 Å². The highest BCUT2D eigenvalue weighted by atomic mass is 32.2. The van der Waals surface area contributed by atoms with Gasteiger partial charge in [0.05, 0.1) is 0 Å². The molecular weight excluding hydrogens is 247 g/mol. The predicted octanol–water partition coefficient (Wildman–Crippen LogP) is 1.55. The third kappa shape index (κ3) is 1.88. The summed E-state index contributed by atoms with van der Waals surface area (Å²) in [4.78, 5) is 0. The Bertz CT molecular complexity index is 451. The highest BCUT2D eigenvalue weighted by Gasteiger charge is 2.44. The van der Waals surface area contributed by atoms with E-state index >= 15 is 0 Å². The topological polar surface area (TPSA) is 57.2 Å². The first kappa shape index (κ1) is 12.1. The molecule has 0 aromatic heterocycles. The molecule has 86 valence electrons. The Morgan fingerprint density at radius 2 is 1.40 bits per heavy atom. The Balaban J connectivity index is 3.40. The van der Waals surface area contributed by atoms with Crippen molar-refractivity contribution in [3.05, 3.63) is 23.3 Å². The molecule has 0 saturated heterocycles. The zero-order valence-electron chi connectivity index (χ0n) is 6.68. The van der Waals surface area contributed by atoms with Crippen LogP contribution in [0.15, 0.2) is 23.3 Å². The lowest BCUT2D eigenvalue weighted by atomic mass is 10.1. The number of alkyl halides is 1. The number of halogens is 5. The summed E-state index contributed by atoms with van der Waals surface area (Å²) in [6.45, 7) is 0. The smallest absolute Gasteiger partial charge is 0.196 e. The Kier molecular flexibility index (Phi) is 2.88. The van der Waals surface area contributed by atoms with Crippen molar-refractivity contribution in [3.8, 4) is 0 Å². The van der Waals surface area contributed by atoms with Gasteiger partial charge in [-0.3, -0.25) is 0 Å². The fourth-order valence-corrected chi connectivity index (χ4v) is 1.76. The molecule has 15 heavy (non-hydrogen) atoms. The summed E-state index contributed by atoms with van der Waals surface area (Å²) in [7, 11) is -5.65. The molecule has 1 aliphatic rings. The maximum absolute atomic E-state index is 12.7. The molecule has 0 spiro atoms. The van der Waals surface area contributed by atoms with E-state index in [9.17, 15) is 34.9 Å². The SMILES string of the molecule is O=S(=O)([O-])C1C(F)=C(F)C(F)=C(F)C1F. The van der Waals surface area contributed by atoms with Crippen LogP contribution in [-0.2, 0) is 10.1 Å². The molecule has 0 N–H and O–H groups in total. The Labute approximate surface area is 80.6 Å². The minimum absolute atomic E-state index is 2.45. The van der Waals surface area contributed by atoms with E-state index in [-0.39, 0.29) is 0 Å². The van der Waals surface area contributed by atoms with E-state index in [4.69, 9.17) is 0 Å². The molecule has 0 bridgehead atoms. The highest BCUT2D eigenvalue weighted by Crippen LogP contribution is 2.38. The minimum atomic E-state index is -5.65. The molecule has 0 aromatic rings. The average Bonchev–Trinajstić information content (AvgIpc) is 2.09. The molecule has 2 unspecified atom stereocenters. The molecule has 0 saturated carbocycles. The van der Waals surface area contributed by atoms with Crippen molar-refractivity contribution < 1.29 is 34.9 Å². The van der Waals surface area contributed by atoms with Gasteiger partial charge in [0.25, 0.3) is 0 Å². The molecule has 0 radical (unpaired) electrons. The molecule has 0 heterocycles. The van der Waals surface area contributed by atoms with E-state index in [0.717, 1.165) is 0 Å². The van der Waals surface area contributed by atoms with E-state index in [1.54, 1.807) is 0 Å². The van der Waals surface area contributed by atoms with Gasteiger partial charge in [0.15, 0.2) is 29.5 Å². The lowest BCUT2D eigenvalue weighted by molar-refractivity contribution is 0.266. The fourth-order valence-electron chi connectivity index (χ4n) is 0.990. The maximum Gasteiger partial charge on any atom is 0.196 e. The summed E-state index contributed by atoms with van der Waals surface area (Å²) in [5.74, 6) is -9.89. The monoisotopic (exact) mass is 249 g/mol. The first-order chi connectivity index (χ1) is 6.68. The van der Waals surface area contributed by atoms with E-state index in [2.05, 4.69) is 0 Å². The van der Waals surface area contributed by atoms with Crippen LogP contribution in [0.1, 0.15) is 0 Å². The van der Waals surface area contributed by atoms with Gasteiger partial charge >= 0.3 is 0 Å². The van der Waals surface area contributed by atoms with Crippen molar-refractivity contribution in [1.29, 1.82) is 0 Å². The van der Waals surface area contributed by atoms with Crippen LogP contribution in [0.4, 0.5) is 22.0 Å². The molecule has 2 atom stereocenters. The quantitative estimate of drug-likeness (QED) is 0.523. The summed E-state index contributed by atoms with van der Waals surface area (Å²) in [6.07, 6.45) is -3.37. The average molecular weight is 249 g/mol. The van der Waals surface area contributed by atoms with Crippen LogP contribution < -0.4 is 0 Å². The standard InChI is InChI=1S/C6H3F5O3S/c7-1-2(8)4(10)6(15(12,13)14)5(11)3(1)9/h4,6H,(H,12,13,14)/p-1. The van der Waals surface area contributed by atoms with Gasteiger partial charge in [-0.2, -0.15) is 0 Å². The van der Waals surface area contributed by atoms with Gasteiger partial charge in [0.1, 0.15) is 15.4 Å². The van der Waals surface area contributed by atoms with Crippen LogP contribution in [0.2, 0.25) is 0 Å². The van der Waals surface area contributed by atoms with Gasteiger partial charge in [0.2, 0.25) is 0 Å². The number of allylic oxidation sites excluding steroid dienone is 3. The third-order valence-corrected chi connectivity index (χ3v) is 2.75. The molecule has 0 amide bonds. The van der Waals surface area contributed by atoms with Crippen molar-refractivity contribution in [3.63, 3.8) is 0 Å². The molecule has 9 heteroatoms. The fraction of sp³-hybridized carbons (Fsp3) is 0.333. The summed E-state index contributed by atoms with van der Waals surface area (Å²) in [5.41, 5.74) is 0. The second kappa shape index (κ2) is 3.56. The summed E-state index contributed by atoms with van der Waals surface area (Å²) >= 11 is 0. The minimum Gasteiger partial charge on any atom is -0.747 e. The normalized spacial score (nSPS) is 28.7. The van der Waals surface area contributed by atoms with Crippen LogP contribution in [0, 0.1) is 0 Å². The van der Waals surface area contributed by atoms with E-state index in [1.165, 1.54) is 0 Å². The summed E-state index contributed by atoms with van der Waals surface area (Å²) in [6, 6.07) is 0. The van der Waals surface area contributed by atoms with E-state index in [0.29, 0.717) is 0 Å². The van der Waals surface area contributed by atoms with Gasteiger partial charge in [-0.15, -0.1) is 0 Å². The van der Waals surface area contributed by atoms with Crippen LogP contribution in [-0.4, -0.2) is 24.4 Å². The molecule has 0 fully saturated rings. The lowest BCUT2D eigenvalue weighted by Gasteiger charge is -2.24. The van der Waals surface area contributed by atoms with Crippen LogP contribution in [0.25, 0.3) is 0 Å². The van der Waals surface area contributed by atoms with Crippen molar-refractivity contribution >= 4 is 10.1 Å². The van der Waals surface area contributed by atoms with Gasteiger partial charge in [0, 0.05) is 0 Å². The Hall–Kier alpha value is -0.960. The van der Waals surface area contributed by atoms with Crippen LogP contribution in [0.3, 0.4) is 0 Å².